The van der Waals surface area contributed by atoms with Gasteiger partial charge in [-0.05, 0) is 6.07 Å². The van der Waals surface area contributed by atoms with Crippen molar-refractivity contribution in [3.05, 3.63) is 52.8 Å². The van der Waals surface area contributed by atoms with Gasteiger partial charge in [-0.2, -0.15) is 0 Å². The first-order valence-electron chi connectivity index (χ1n) is 5.80. The molecule has 0 saturated carbocycles. The molecule has 2 aromatic rings. The Morgan fingerprint density at radius 3 is 2.68 bits per heavy atom. The standard InChI is InChI=1S/C14H11ClFNO2/c15-10-5-13-14(19-8-18-13)6-12(10)17-7-9-3-1-2-4-11(9)16/h1-6,17H,7-8H2. The topological polar surface area (TPSA) is 30.5 Å². The van der Waals surface area contributed by atoms with Crippen LogP contribution in [0.4, 0.5) is 10.1 Å². The second-order valence-electron chi connectivity index (χ2n) is 4.13. The van der Waals surface area contributed by atoms with Crippen molar-refractivity contribution < 1.29 is 13.9 Å². The number of anilines is 1. The lowest BCUT2D eigenvalue weighted by Crippen LogP contribution is -2.02. The molecule has 0 unspecified atom stereocenters. The Kier molecular flexibility index (Phi) is 3.17. The summed E-state index contributed by atoms with van der Waals surface area (Å²) in [6.07, 6.45) is 0. The van der Waals surface area contributed by atoms with E-state index in [2.05, 4.69) is 5.32 Å². The minimum Gasteiger partial charge on any atom is -0.454 e. The highest BCUT2D eigenvalue weighted by molar-refractivity contribution is 6.33. The lowest BCUT2D eigenvalue weighted by atomic mass is 10.2. The van der Waals surface area contributed by atoms with Gasteiger partial charge in [-0.25, -0.2) is 4.39 Å². The quantitative estimate of drug-likeness (QED) is 0.926. The molecular formula is C14H11ClFNO2. The maximum Gasteiger partial charge on any atom is 0.231 e. The maximum atomic E-state index is 13.5. The van der Waals surface area contributed by atoms with Crippen molar-refractivity contribution in [3.63, 3.8) is 0 Å². The van der Waals surface area contributed by atoms with Crippen LogP contribution in [0.25, 0.3) is 0 Å². The van der Waals surface area contributed by atoms with Crippen LogP contribution in [0.1, 0.15) is 5.56 Å². The molecule has 0 aliphatic carbocycles. The van der Waals surface area contributed by atoms with Crippen LogP contribution < -0.4 is 14.8 Å². The van der Waals surface area contributed by atoms with E-state index in [4.69, 9.17) is 21.1 Å². The molecule has 1 heterocycles. The highest BCUT2D eigenvalue weighted by Crippen LogP contribution is 2.39. The number of hydrogen-bond acceptors (Lipinski definition) is 3. The molecule has 3 nitrogen and oxygen atoms in total. The number of hydrogen-bond donors (Lipinski definition) is 1. The zero-order valence-electron chi connectivity index (χ0n) is 9.95. The van der Waals surface area contributed by atoms with E-state index in [9.17, 15) is 4.39 Å². The van der Waals surface area contributed by atoms with Gasteiger partial charge in [0, 0.05) is 24.2 Å². The van der Waals surface area contributed by atoms with Crippen LogP contribution in [0, 0.1) is 5.82 Å². The Labute approximate surface area is 114 Å². The van der Waals surface area contributed by atoms with Gasteiger partial charge >= 0.3 is 0 Å². The zero-order chi connectivity index (χ0) is 13.2. The minimum absolute atomic E-state index is 0.197. The average molecular weight is 280 g/mol. The fourth-order valence-corrected chi connectivity index (χ4v) is 2.11. The molecule has 0 amide bonds. The Hall–Kier alpha value is -1.94. The number of rotatable bonds is 3. The Morgan fingerprint density at radius 1 is 1.16 bits per heavy atom. The third-order valence-corrected chi connectivity index (χ3v) is 3.20. The first kappa shape index (κ1) is 12.1. The van der Waals surface area contributed by atoms with Gasteiger partial charge in [0.15, 0.2) is 11.5 Å². The Morgan fingerprint density at radius 2 is 1.89 bits per heavy atom. The van der Waals surface area contributed by atoms with Gasteiger partial charge in [-0.1, -0.05) is 29.8 Å². The van der Waals surface area contributed by atoms with E-state index in [1.165, 1.54) is 6.07 Å². The molecule has 5 heteroatoms. The Bertz CT molecular complexity index is 618. The van der Waals surface area contributed by atoms with Crippen molar-refractivity contribution in [2.75, 3.05) is 12.1 Å². The van der Waals surface area contributed by atoms with Gasteiger partial charge < -0.3 is 14.8 Å². The summed E-state index contributed by atoms with van der Waals surface area (Å²) >= 11 is 6.12. The summed E-state index contributed by atoms with van der Waals surface area (Å²) in [6, 6.07) is 10.0. The monoisotopic (exact) mass is 279 g/mol. The fraction of sp³-hybridized carbons (Fsp3) is 0.143. The zero-order valence-corrected chi connectivity index (χ0v) is 10.7. The Balaban J connectivity index is 1.79. The summed E-state index contributed by atoms with van der Waals surface area (Å²) < 4.78 is 24.0. The number of ether oxygens (including phenoxy) is 2. The molecule has 3 rings (SSSR count). The minimum atomic E-state index is -0.244. The molecule has 0 spiro atoms. The molecule has 98 valence electrons. The van der Waals surface area contributed by atoms with E-state index in [1.54, 1.807) is 30.3 Å². The van der Waals surface area contributed by atoms with Crippen molar-refractivity contribution >= 4 is 17.3 Å². The van der Waals surface area contributed by atoms with Crippen molar-refractivity contribution in [1.82, 2.24) is 0 Å². The molecule has 0 fully saturated rings. The van der Waals surface area contributed by atoms with Gasteiger partial charge in [-0.3, -0.25) is 0 Å². The summed E-state index contributed by atoms with van der Waals surface area (Å²) in [5.41, 5.74) is 1.27. The largest absolute Gasteiger partial charge is 0.454 e. The van der Waals surface area contributed by atoms with Crippen LogP contribution in [-0.2, 0) is 6.54 Å². The first-order valence-corrected chi connectivity index (χ1v) is 6.18. The van der Waals surface area contributed by atoms with Crippen LogP contribution in [0.15, 0.2) is 36.4 Å². The van der Waals surface area contributed by atoms with E-state index in [-0.39, 0.29) is 12.6 Å². The van der Waals surface area contributed by atoms with E-state index < -0.39 is 0 Å². The van der Waals surface area contributed by atoms with Crippen molar-refractivity contribution in [2.24, 2.45) is 0 Å². The molecular weight excluding hydrogens is 269 g/mol. The number of nitrogens with one attached hydrogen (secondary N) is 1. The van der Waals surface area contributed by atoms with Crippen molar-refractivity contribution in [1.29, 1.82) is 0 Å². The maximum absolute atomic E-state index is 13.5. The lowest BCUT2D eigenvalue weighted by Gasteiger charge is -2.10. The van der Waals surface area contributed by atoms with Crippen molar-refractivity contribution in [3.8, 4) is 11.5 Å². The summed E-state index contributed by atoms with van der Waals surface area (Å²) in [6.45, 7) is 0.550. The van der Waals surface area contributed by atoms with Crippen molar-refractivity contribution in [2.45, 2.75) is 6.54 Å². The average Bonchev–Trinajstić information content (AvgIpc) is 2.84. The number of fused-ring (bicyclic) bond motifs is 1. The molecule has 0 radical (unpaired) electrons. The van der Waals surface area contributed by atoms with E-state index in [1.807, 2.05) is 0 Å². The predicted octanol–water partition coefficient (Wildman–Crippen LogP) is 3.82. The van der Waals surface area contributed by atoms with Gasteiger partial charge in [0.05, 0.1) is 10.7 Å². The molecule has 2 aromatic carbocycles. The smallest absolute Gasteiger partial charge is 0.231 e. The van der Waals surface area contributed by atoms with Gasteiger partial charge in [0.25, 0.3) is 0 Å². The van der Waals surface area contributed by atoms with Crippen LogP contribution >= 0.6 is 11.6 Å². The molecule has 1 aliphatic rings. The summed E-state index contributed by atoms with van der Waals surface area (Å²) in [5.74, 6) is 1.02. The van der Waals surface area contributed by atoms with E-state index >= 15 is 0 Å². The summed E-state index contributed by atoms with van der Waals surface area (Å²) in [5, 5.41) is 3.61. The van der Waals surface area contributed by atoms with Gasteiger partial charge in [0.2, 0.25) is 6.79 Å². The first-order chi connectivity index (χ1) is 9.24. The molecule has 0 saturated heterocycles. The number of halogens is 2. The highest BCUT2D eigenvalue weighted by atomic mass is 35.5. The second kappa shape index (κ2) is 4.97. The van der Waals surface area contributed by atoms with Gasteiger partial charge in [-0.15, -0.1) is 0 Å². The van der Waals surface area contributed by atoms with E-state index in [0.29, 0.717) is 34.3 Å². The molecule has 0 atom stereocenters. The normalized spacial score (nSPS) is 12.5. The molecule has 1 N–H and O–H groups in total. The predicted molar refractivity (Wildman–Crippen MR) is 71.3 cm³/mol. The molecule has 19 heavy (non-hydrogen) atoms. The number of benzene rings is 2. The van der Waals surface area contributed by atoms with Crippen LogP contribution in [-0.4, -0.2) is 6.79 Å². The van der Waals surface area contributed by atoms with Crippen LogP contribution in [0.5, 0.6) is 11.5 Å². The lowest BCUT2D eigenvalue weighted by molar-refractivity contribution is 0.174. The fourth-order valence-electron chi connectivity index (χ4n) is 1.88. The van der Waals surface area contributed by atoms with E-state index in [0.717, 1.165) is 0 Å². The highest BCUT2D eigenvalue weighted by Gasteiger charge is 2.16. The summed E-state index contributed by atoms with van der Waals surface area (Å²) in [4.78, 5) is 0. The third kappa shape index (κ3) is 2.44. The molecule has 0 bridgehead atoms. The van der Waals surface area contributed by atoms with Crippen LogP contribution in [0.2, 0.25) is 5.02 Å². The third-order valence-electron chi connectivity index (χ3n) is 2.89. The SMILES string of the molecule is Fc1ccccc1CNc1cc2c(cc1Cl)OCO2. The molecule has 0 aromatic heterocycles. The van der Waals surface area contributed by atoms with Crippen LogP contribution in [0.3, 0.4) is 0 Å². The molecule has 1 aliphatic heterocycles. The second-order valence-corrected chi connectivity index (χ2v) is 4.54. The van der Waals surface area contributed by atoms with Gasteiger partial charge in [0.1, 0.15) is 5.82 Å². The summed E-state index contributed by atoms with van der Waals surface area (Å²) in [7, 11) is 0.